The Morgan fingerprint density at radius 2 is 1.95 bits per heavy atom. The first kappa shape index (κ1) is 15.7. The standard InChI is InChI=1S/C15H26N2O2S/c1-3-12-14(18)16-13(11-7-5-4-6-8-11)15(19)17(12)9-10-20-2/h11-13H,3-10H2,1-2H3,(H,16,18). The zero-order chi connectivity index (χ0) is 14.5. The van der Waals surface area contributed by atoms with Gasteiger partial charge in [-0.25, -0.2) is 0 Å². The molecule has 2 fully saturated rings. The van der Waals surface area contributed by atoms with Crippen molar-refractivity contribution in [1.82, 2.24) is 10.2 Å². The number of rotatable bonds is 5. The molecule has 5 heteroatoms. The summed E-state index contributed by atoms with van der Waals surface area (Å²) in [6.07, 6.45) is 8.52. The third kappa shape index (κ3) is 3.30. The summed E-state index contributed by atoms with van der Waals surface area (Å²) in [5.74, 6) is 1.43. The minimum Gasteiger partial charge on any atom is -0.342 e. The Labute approximate surface area is 126 Å². The molecule has 4 nitrogen and oxygen atoms in total. The van der Waals surface area contributed by atoms with Crippen molar-refractivity contribution in [2.45, 2.75) is 57.5 Å². The summed E-state index contributed by atoms with van der Waals surface area (Å²) < 4.78 is 0. The van der Waals surface area contributed by atoms with Crippen LogP contribution in [0.25, 0.3) is 0 Å². The lowest BCUT2D eigenvalue weighted by Gasteiger charge is -2.42. The monoisotopic (exact) mass is 298 g/mol. The second-order valence-electron chi connectivity index (χ2n) is 5.83. The number of carbonyl (C=O) groups excluding carboxylic acids is 2. The van der Waals surface area contributed by atoms with Crippen LogP contribution in [0.5, 0.6) is 0 Å². The van der Waals surface area contributed by atoms with E-state index in [-0.39, 0.29) is 23.9 Å². The van der Waals surface area contributed by atoms with Crippen LogP contribution in [0.3, 0.4) is 0 Å². The molecule has 0 aromatic rings. The maximum Gasteiger partial charge on any atom is 0.246 e. The molecule has 1 aliphatic heterocycles. The van der Waals surface area contributed by atoms with Gasteiger partial charge >= 0.3 is 0 Å². The average Bonchev–Trinajstić information content (AvgIpc) is 2.48. The highest BCUT2D eigenvalue weighted by Crippen LogP contribution is 2.29. The summed E-state index contributed by atoms with van der Waals surface area (Å²) in [7, 11) is 0. The molecule has 2 unspecified atom stereocenters. The lowest BCUT2D eigenvalue weighted by atomic mass is 9.82. The third-order valence-electron chi connectivity index (χ3n) is 4.57. The van der Waals surface area contributed by atoms with E-state index in [1.165, 1.54) is 19.3 Å². The van der Waals surface area contributed by atoms with Gasteiger partial charge in [-0.15, -0.1) is 0 Å². The topological polar surface area (TPSA) is 49.4 Å². The lowest BCUT2D eigenvalue weighted by molar-refractivity contribution is -0.151. The van der Waals surface area contributed by atoms with E-state index in [0.717, 1.165) is 18.6 Å². The van der Waals surface area contributed by atoms with Crippen molar-refractivity contribution in [1.29, 1.82) is 0 Å². The summed E-state index contributed by atoms with van der Waals surface area (Å²) in [6, 6.07) is -0.540. The molecule has 2 aliphatic rings. The van der Waals surface area contributed by atoms with Crippen molar-refractivity contribution in [3.63, 3.8) is 0 Å². The van der Waals surface area contributed by atoms with Crippen LogP contribution in [0.2, 0.25) is 0 Å². The van der Waals surface area contributed by atoms with Gasteiger partial charge in [0.15, 0.2) is 0 Å². The summed E-state index contributed by atoms with van der Waals surface area (Å²) >= 11 is 1.72. The van der Waals surface area contributed by atoms with Crippen molar-refractivity contribution < 1.29 is 9.59 Å². The number of thioether (sulfide) groups is 1. The van der Waals surface area contributed by atoms with Crippen molar-refractivity contribution >= 4 is 23.6 Å². The number of nitrogens with one attached hydrogen (secondary N) is 1. The number of amides is 2. The minimum absolute atomic E-state index is 0.0452. The van der Waals surface area contributed by atoms with Crippen molar-refractivity contribution in [3.05, 3.63) is 0 Å². The Morgan fingerprint density at radius 1 is 1.25 bits per heavy atom. The zero-order valence-electron chi connectivity index (χ0n) is 12.6. The Morgan fingerprint density at radius 3 is 2.55 bits per heavy atom. The highest BCUT2D eigenvalue weighted by molar-refractivity contribution is 7.98. The van der Waals surface area contributed by atoms with Crippen LogP contribution in [0.4, 0.5) is 0 Å². The van der Waals surface area contributed by atoms with Gasteiger partial charge in [-0.1, -0.05) is 26.2 Å². The normalized spacial score (nSPS) is 28.6. The van der Waals surface area contributed by atoms with Crippen molar-refractivity contribution in [2.75, 3.05) is 18.6 Å². The zero-order valence-corrected chi connectivity index (χ0v) is 13.4. The van der Waals surface area contributed by atoms with Crippen molar-refractivity contribution in [3.8, 4) is 0 Å². The second-order valence-corrected chi connectivity index (χ2v) is 6.82. The molecule has 0 bridgehead atoms. The Kier molecular flexibility index (Phi) is 5.75. The van der Waals surface area contributed by atoms with Crippen LogP contribution < -0.4 is 5.32 Å². The number of carbonyl (C=O) groups is 2. The molecule has 2 atom stereocenters. The number of nitrogens with zero attached hydrogens (tertiary/aromatic N) is 1. The molecule has 0 aromatic carbocycles. The molecule has 1 heterocycles. The quantitative estimate of drug-likeness (QED) is 0.845. The van der Waals surface area contributed by atoms with Crippen LogP contribution in [0.1, 0.15) is 45.4 Å². The SMILES string of the molecule is CCC1C(=O)NC(C2CCCCC2)C(=O)N1CCSC. The number of piperazine rings is 1. The first-order valence-electron chi connectivity index (χ1n) is 7.78. The van der Waals surface area contributed by atoms with Crippen LogP contribution in [-0.4, -0.2) is 47.4 Å². The largest absolute Gasteiger partial charge is 0.342 e. The number of hydrogen-bond acceptors (Lipinski definition) is 3. The Hall–Kier alpha value is -0.710. The highest BCUT2D eigenvalue weighted by Gasteiger charge is 2.42. The van der Waals surface area contributed by atoms with Gasteiger partial charge in [-0.05, 0) is 31.4 Å². The fourth-order valence-corrected chi connectivity index (χ4v) is 3.81. The maximum absolute atomic E-state index is 12.7. The molecule has 0 spiro atoms. The van der Waals surface area contributed by atoms with Gasteiger partial charge in [0.2, 0.25) is 11.8 Å². The van der Waals surface area contributed by atoms with Gasteiger partial charge in [-0.2, -0.15) is 11.8 Å². The summed E-state index contributed by atoms with van der Waals surface area (Å²) in [5, 5.41) is 3.01. The van der Waals surface area contributed by atoms with Crippen LogP contribution in [-0.2, 0) is 9.59 Å². The van der Waals surface area contributed by atoms with E-state index in [1.54, 1.807) is 11.8 Å². The molecule has 1 aliphatic carbocycles. The highest BCUT2D eigenvalue weighted by atomic mass is 32.2. The van der Waals surface area contributed by atoms with E-state index >= 15 is 0 Å². The van der Waals surface area contributed by atoms with Crippen LogP contribution in [0, 0.1) is 5.92 Å². The average molecular weight is 298 g/mol. The molecule has 1 saturated carbocycles. The van der Waals surface area contributed by atoms with E-state index in [9.17, 15) is 9.59 Å². The van der Waals surface area contributed by atoms with Gasteiger partial charge < -0.3 is 10.2 Å². The third-order valence-corrected chi connectivity index (χ3v) is 5.16. The summed E-state index contributed by atoms with van der Waals surface area (Å²) in [4.78, 5) is 26.9. The fraction of sp³-hybridized carbons (Fsp3) is 0.867. The molecule has 2 rings (SSSR count). The van der Waals surface area contributed by atoms with Crippen molar-refractivity contribution in [2.24, 2.45) is 5.92 Å². The maximum atomic E-state index is 12.7. The predicted molar refractivity (Wildman–Crippen MR) is 82.7 cm³/mol. The molecular weight excluding hydrogens is 272 g/mol. The van der Waals surface area contributed by atoms with E-state index in [0.29, 0.717) is 18.9 Å². The molecular formula is C15H26N2O2S. The number of hydrogen-bond donors (Lipinski definition) is 1. The molecule has 114 valence electrons. The molecule has 1 N–H and O–H groups in total. The van der Waals surface area contributed by atoms with E-state index in [1.807, 2.05) is 18.1 Å². The van der Waals surface area contributed by atoms with Gasteiger partial charge in [-0.3, -0.25) is 9.59 Å². The smallest absolute Gasteiger partial charge is 0.246 e. The van der Waals surface area contributed by atoms with E-state index in [2.05, 4.69) is 5.32 Å². The second kappa shape index (κ2) is 7.34. The molecule has 1 saturated heterocycles. The van der Waals surface area contributed by atoms with E-state index < -0.39 is 0 Å². The lowest BCUT2D eigenvalue weighted by Crippen LogP contribution is -2.65. The molecule has 0 aromatic heterocycles. The Bertz CT molecular complexity index is 352. The first-order chi connectivity index (χ1) is 9.69. The van der Waals surface area contributed by atoms with E-state index in [4.69, 9.17) is 0 Å². The van der Waals surface area contributed by atoms with Gasteiger partial charge in [0.25, 0.3) is 0 Å². The van der Waals surface area contributed by atoms with Gasteiger partial charge in [0.1, 0.15) is 12.1 Å². The van der Waals surface area contributed by atoms with Gasteiger partial charge in [0.05, 0.1) is 0 Å². The minimum atomic E-state index is -0.271. The first-order valence-corrected chi connectivity index (χ1v) is 9.18. The van der Waals surface area contributed by atoms with Crippen LogP contribution in [0.15, 0.2) is 0 Å². The molecule has 20 heavy (non-hydrogen) atoms. The molecule has 0 radical (unpaired) electrons. The molecule has 2 amide bonds. The van der Waals surface area contributed by atoms with Gasteiger partial charge in [0, 0.05) is 12.3 Å². The fourth-order valence-electron chi connectivity index (χ4n) is 3.43. The predicted octanol–water partition coefficient (Wildman–Crippen LogP) is 2.04. The Balaban J connectivity index is 2.10. The van der Waals surface area contributed by atoms with Crippen LogP contribution >= 0.6 is 11.8 Å². The summed E-state index contributed by atoms with van der Waals surface area (Å²) in [5.41, 5.74) is 0. The summed E-state index contributed by atoms with van der Waals surface area (Å²) in [6.45, 7) is 2.67.